The summed E-state index contributed by atoms with van der Waals surface area (Å²) in [4.78, 5) is 13.3. The van der Waals surface area contributed by atoms with Crippen LogP contribution in [0, 0.1) is 0 Å². The molecule has 0 aliphatic heterocycles. The van der Waals surface area contributed by atoms with Crippen LogP contribution in [0.15, 0.2) is 18.2 Å². The van der Waals surface area contributed by atoms with Gasteiger partial charge in [0.25, 0.3) is 0 Å². The summed E-state index contributed by atoms with van der Waals surface area (Å²) in [5.41, 5.74) is 7.11. The van der Waals surface area contributed by atoms with E-state index in [1.807, 2.05) is 11.8 Å². The molecule has 0 heterocycles. The first kappa shape index (κ1) is 16.3. The van der Waals surface area contributed by atoms with Crippen molar-refractivity contribution >= 4 is 17.3 Å². The van der Waals surface area contributed by atoms with Gasteiger partial charge in [-0.05, 0) is 25.1 Å². The minimum absolute atomic E-state index is 0.00931. The second-order valence-electron chi connectivity index (χ2n) is 4.57. The lowest BCUT2D eigenvalue weighted by Crippen LogP contribution is -2.39. The largest absolute Gasteiger partial charge is 0.478 e. The number of aromatic carboxylic acids is 1. The standard InChI is InChI=1S/C14H22N2O4/c1-10(9-20-3)16(6-7-19-2)13-8-11(15)4-5-12(13)14(17)18/h4-5,8,10H,6-7,9,15H2,1-3H3,(H,17,18). The molecule has 0 aliphatic carbocycles. The van der Waals surface area contributed by atoms with Gasteiger partial charge in [-0.25, -0.2) is 4.79 Å². The Balaban J connectivity index is 3.16. The maximum atomic E-state index is 11.4. The molecule has 0 aliphatic rings. The van der Waals surface area contributed by atoms with E-state index in [-0.39, 0.29) is 11.6 Å². The highest BCUT2D eigenvalue weighted by Gasteiger charge is 2.20. The quantitative estimate of drug-likeness (QED) is 0.702. The summed E-state index contributed by atoms with van der Waals surface area (Å²) in [6, 6.07) is 4.79. The Labute approximate surface area is 119 Å². The van der Waals surface area contributed by atoms with Crippen LogP contribution in [0.4, 0.5) is 11.4 Å². The molecule has 0 spiro atoms. The molecule has 0 fully saturated rings. The van der Waals surface area contributed by atoms with Crippen LogP contribution in [0.5, 0.6) is 0 Å². The fourth-order valence-electron chi connectivity index (χ4n) is 2.07. The third-order valence-corrected chi connectivity index (χ3v) is 3.04. The highest BCUT2D eigenvalue weighted by atomic mass is 16.5. The van der Waals surface area contributed by atoms with Gasteiger partial charge in [0, 0.05) is 32.5 Å². The van der Waals surface area contributed by atoms with E-state index in [2.05, 4.69) is 0 Å². The summed E-state index contributed by atoms with van der Waals surface area (Å²) in [5.74, 6) is -0.980. The third-order valence-electron chi connectivity index (χ3n) is 3.04. The van der Waals surface area contributed by atoms with Crippen LogP contribution in [-0.4, -0.2) is 51.1 Å². The lowest BCUT2D eigenvalue weighted by Gasteiger charge is -2.32. The lowest BCUT2D eigenvalue weighted by molar-refractivity contribution is 0.0697. The summed E-state index contributed by atoms with van der Waals surface area (Å²) in [7, 11) is 3.22. The van der Waals surface area contributed by atoms with Gasteiger partial charge in [-0.2, -0.15) is 0 Å². The third kappa shape index (κ3) is 4.11. The molecular formula is C14H22N2O4. The van der Waals surface area contributed by atoms with E-state index in [0.29, 0.717) is 31.1 Å². The van der Waals surface area contributed by atoms with Crippen molar-refractivity contribution in [2.24, 2.45) is 0 Å². The smallest absolute Gasteiger partial charge is 0.337 e. The first-order valence-corrected chi connectivity index (χ1v) is 6.38. The monoisotopic (exact) mass is 282 g/mol. The summed E-state index contributed by atoms with van der Waals surface area (Å²) in [6.07, 6.45) is 0. The zero-order valence-electron chi connectivity index (χ0n) is 12.1. The molecule has 20 heavy (non-hydrogen) atoms. The van der Waals surface area contributed by atoms with Crippen LogP contribution >= 0.6 is 0 Å². The Hall–Kier alpha value is -1.79. The zero-order chi connectivity index (χ0) is 15.1. The number of anilines is 2. The van der Waals surface area contributed by atoms with E-state index in [9.17, 15) is 9.90 Å². The molecule has 0 saturated carbocycles. The van der Waals surface area contributed by atoms with Gasteiger partial charge in [0.05, 0.1) is 24.5 Å². The second-order valence-corrected chi connectivity index (χ2v) is 4.57. The topological polar surface area (TPSA) is 85.0 Å². The van der Waals surface area contributed by atoms with Crippen LogP contribution in [0.1, 0.15) is 17.3 Å². The van der Waals surface area contributed by atoms with Crippen molar-refractivity contribution in [2.45, 2.75) is 13.0 Å². The van der Waals surface area contributed by atoms with Gasteiger partial charge in [-0.1, -0.05) is 0 Å². The first-order valence-electron chi connectivity index (χ1n) is 6.38. The minimum Gasteiger partial charge on any atom is -0.478 e. The fourth-order valence-corrected chi connectivity index (χ4v) is 2.07. The van der Waals surface area contributed by atoms with E-state index < -0.39 is 5.97 Å². The first-order chi connectivity index (χ1) is 9.51. The van der Waals surface area contributed by atoms with Gasteiger partial charge in [-0.3, -0.25) is 0 Å². The summed E-state index contributed by atoms with van der Waals surface area (Å²) < 4.78 is 10.2. The fraction of sp³-hybridized carbons (Fsp3) is 0.500. The lowest BCUT2D eigenvalue weighted by atomic mass is 10.1. The Bertz CT molecular complexity index is 451. The normalized spacial score (nSPS) is 12.2. The molecule has 6 heteroatoms. The molecule has 0 aromatic heterocycles. The number of hydrogen-bond acceptors (Lipinski definition) is 5. The average Bonchev–Trinajstić information content (AvgIpc) is 2.39. The summed E-state index contributed by atoms with van der Waals surface area (Å²) >= 11 is 0. The minimum atomic E-state index is -0.980. The number of carbonyl (C=O) groups is 1. The number of carboxylic acid groups (broad SMARTS) is 1. The molecule has 0 amide bonds. The maximum absolute atomic E-state index is 11.4. The molecule has 1 atom stereocenters. The van der Waals surface area contributed by atoms with E-state index in [4.69, 9.17) is 15.2 Å². The number of nitrogen functional groups attached to an aromatic ring is 1. The predicted molar refractivity (Wildman–Crippen MR) is 78.4 cm³/mol. The van der Waals surface area contributed by atoms with Crippen molar-refractivity contribution in [1.82, 2.24) is 0 Å². The molecule has 1 rings (SSSR count). The summed E-state index contributed by atoms with van der Waals surface area (Å²) in [6.45, 7) is 3.50. The van der Waals surface area contributed by atoms with Crippen molar-refractivity contribution in [1.29, 1.82) is 0 Å². The number of carboxylic acids is 1. The molecule has 1 aromatic rings. The number of methoxy groups -OCH3 is 2. The van der Waals surface area contributed by atoms with E-state index >= 15 is 0 Å². The number of hydrogen-bond donors (Lipinski definition) is 2. The van der Waals surface area contributed by atoms with Gasteiger partial charge in [0.15, 0.2) is 0 Å². The molecule has 0 saturated heterocycles. The van der Waals surface area contributed by atoms with Crippen LogP contribution in [-0.2, 0) is 9.47 Å². The van der Waals surface area contributed by atoms with E-state index in [0.717, 1.165) is 0 Å². The number of rotatable bonds is 8. The molecule has 1 aromatic carbocycles. The Morgan fingerprint density at radius 3 is 2.65 bits per heavy atom. The Kier molecular flexibility index (Phi) is 6.27. The van der Waals surface area contributed by atoms with Gasteiger partial charge < -0.3 is 25.2 Å². The van der Waals surface area contributed by atoms with Gasteiger partial charge >= 0.3 is 5.97 Å². The number of benzene rings is 1. The maximum Gasteiger partial charge on any atom is 0.337 e. The molecule has 0 bridgehead atoms. The number of nitrogens with zero attached hydrogens (tertiary/aromatic N) is 1. The van der Waals surface area contributed by atoms with Gasteiger partial charge in [0.2, 0.25) is 0 Å². The highest BCUT2D eigenvalue weighted by Crippen LogP contribution is 2.25. The molecule has 1 unspecified atom stereocenters. The van der Waals surface area contributed by atoms with Gasteiger partial charge in [0.1, 0.15) is 0 Å². The van der Waals surface area contributed by atoms with Crippen molar-refractivity contribution in [3.05, 3.63) is 23.8 Å². The van der Waals surface area contributed by atoms with Crippen molar-refractivity contribution < 1.29 is 19.4 Å². The van der Waals surface area contributed by atoms with Crippen LogP contribution in [0.2, 0.25) is 0 Å². The SMILES string of the molecule is COCCN(c1cc(N)ccc1C(=O)O)C(C)COC. The van der Waals surface area contributed by atoms with Crippen LogP contribution in [0.25, 0.3) is 0 Å². The van der Waals surface area contributed by atoms with E-state index in [1.54, 1.807) is 26.4 Å². The van der Waals surface area contributed by atoms with Crippen molar-refractivity contribution in [2.75, 3.05) is 44.6 Å². The highest BCUT2D eigenvalue weighted by molar-refractivity contribution is 5.95. The molecule has 112 valence electrons. The second kappa shape index (κ2) is 7.72. The average molecular weight is 282 g/mol. The van der Waals surface area contributed by atoms with E-state index in [1.165, 1.54) is 6.07 Å². The number of nitrogens with two attached hydrogens (primary N) is 1. The van der Waals surface area contributed by atoms with Crippen molar-refractivity contribution in [3.63, 3.8) is 0 Å². The predicted octanol–water partition coefficient (Wildman–Crippen LogP) is 1.45. The molecule has 0 radical (unpaired) electrons. The van der Waals surface area contributed by atoms with Crippen molar-refractivity contribution in [3.8, 4) is 0 Å². The number of ether oxygens (including phenoxy) is 2. The van der Waals surface area contributed by atoms with Crippen LogP contribution in [0.3, 0.4) is 0 Å². The Morgan fingerprint density at radius 1 is 1.40 bits per heavy atom. The molecule has 6 nitrogen and oxygen atoms in total. The Morgan fingerprint density at radius 2 is 2.10 bits per heavy atom. The van der Waals surface area contributed by atoms with Crippen LogP contribution < -0.4 is 10.6 Å². The zero-order valence-corrected chi connectivity index (χ0v) is 12.1. The summed E-state index contributed by atoms with van der Waals surface area (Å²) in [5, 5.41) is 9.31. The molecule has 3 N–H and O–H groups in total. The van der Waals surface area contributed by atoms with Gasteiger partial charge in [-0.15, -0.1) is 0 Å². The molecular weight excluding hydrogens is 260 g/mol.